The predicted molar refractivity (Wildman–Crippen MR) is 84.2 cm³/mol. The van der Waals surface area contributed by atoms with Crippen LogP contribution in [0.3, 0.4) is 0 Å². The van der Waals surface area contributed by atoms with Gasteiger partial charge in [0.2, 0.25) is 5.91 Å². The van der Waals surface area contributed by atoms with Gasteiger partial charge in [-0.05, 0) is 38.8 Å². The lowest BCUT2D eigenvalue weighted by atomic mass is 10.0. The van der Waals surface area contributed by atoms with Crippen LogP contribution in [0.25, 0.3) is 0 Å². The van der Waals surface area contributed by atoms with Crippen LogP contribution in [0.4, 0.5) is 0 Å². The molecule has 0 aliphatic carbocycles. The van der Waals surface area contributed by atoms with Gasteiger partial charge in [0, 0.05) is 28.8 Å². The molecule has 1 aromatic rings. The molecular weight excluding hydrogens is 284 g/mol. The smallest absolute Gasteiger partial charge is 0.241 e. The SMILES string of the molecule is CCC1NC(c2ccc(C)s2)N(CC2CCOC2C)C1=O. The number of ether oxygens (including phenoxy) is 1. The maximum Gasteiger partial charge on any atom is 0.241 e. The largest absolute Gasteiger partial charge is 0.378 e. The summed E-state index contributed by atoms with van der Waals surface area (Å²) in [6.45, 7) is 7.91. The fourth-order valence-corrected chi connectivity index (χ4v) is 4.22. The lowest BCUT2D eigenvalue weighted by Crippen LogP contribution is -2.36. The number of rotatable bonds is 4. The molecule has 4 unspecified atom stereocenters. The molecule has 1 N–H and O–H groups in total. The van der Waals surface area contributed by atoms with Gasteiger partial charge >= 0.3 is 0 Å². The minimum atomic E-state index is -0.0463. The van der Waals surface area contributed by atoms with Crippen LogP contribution in [0.1, 0.15) is 42.6 Å². The molecule has 0 spiro atoms. The number of hydrogen-bond donors (Lipinski definition) is 1. The number of amides is 1. The Balaban J connectivity index is 1.80. The maximum absolute atomic E-state index is 12.6. The van der Waals surface area contributed by atoms with Gasteiger partial charge in [-0.25, -0.2) is 0 Å². The Labute approximate surface area is 130 Å². The van der Waals surface area contributed by atoms with Gasteiger partial charge in [0.1, 0.15) is 6.17 Å². The van der Waals surface area contributed by atoms with Crippen LogP contribution < -0.4 is 5.32 Å². The molecule has 2 saturated heterocycles. The zero-order chi connectivity index (χ0) is 15.0. The summed E-state index contributed by atoms with van der Waals surface area (Å²) in [4.78, 5) is 17.2. The predicted octanol–water partition coefficient (Wildman–Crippen LogP) is 2.69. The highest BCUT2D eigenvalue weighted by Crippen LogP contribution is 2.33. The van der Waals surface area contributed by atoms with E-state index in [1.165, 1.54) is 9.75 Å². The molecule has 2 aliphatic rings. The van der Waals surface area contributed by atoms with Crippen molar-refractivity contribution in [2.45, 2.75) is 51.9 Å². The van der Waals surface area contributed by atoms with Crippen molar-refractivity contribution in [2.24, 2.45) is 5.92 Å². The molecule has 1 aromatic heterocycles. The molecule has 0 aromatic carbocycles. The highest BCUT2D eigenvalue weighted by atomic mass is 32.1. The van der Waals surface area contributed by atoms with Crippen LogP contribution in [0, 0.1) is 12.8 Å². The van der Waals surface area contributed by atoms with Gasteiger partial charge < -0.3 is 9.64 Å². The Bertz CT molecular complexity index is 516. The van der Waals surface area contributed by atoms with E-state index in [0.717, 1.165) is 26.0 Å². The third kappa shape index (κ3) is 2.87. The van der Waals surface area contributed by atoms with Crippen molar-refractivity contribution < 1.29 is 9.53 Å². The first-order chi connectivity index (χ1) is 10.1. The fourth-order valence-electron chi connectivity index (χ4n) is 3.27. The van der Waals surface area contributed by atoms with Gasteiger partial charge in [-0.2, -0.15) is 0 Å². The van der Waals surface area contributed by atoms with Crippen molar-refractivity contribution >= 4 is 17.2 Å². The molecule has 2 fully saturated rings. The summed E-state index contributed by atoms with van der Waals surface area (Å²) < 4.78 is 5.65. The van der Waals surface area contributed by atoms with Crippen LogP contribution in [-0.2, 0) is 9.53 Å². The molecule has 1 amide bonds. The standard InChI is InChI=1S/C16H24N2O2S/c1-4-13-16(19)18(9-12-7-8-20-11(12)3)15(17-13)14-6-5-10(2)21-14/h5-6,11-13,15,17H,4,7-9H2,1-3H3. The molecule has 4 nitrogen and oxygen atoms in total. The summed E-state index contributed by atoms with van der Waals surface area (Å²) in [6.07, 6.45) is 2.18. The number of nitrogens with one attached hydrogen (secondary N) is 1. The molecule has 21 heavy (non-hydrogen) atoms. The zero-order valence-electron chi connectivity index (χ0n) is 13.0. The Morgan fingerprint density at radius 1 is 1.48 bits per heavy atom. The molecule has 116 valence electrons. The van der Waals surface area contributed by atoms with Gasteiger partial charge in [0.15, 0.2) is 0 Å². The van der Waals surface area contributed by atoms with Crippen molar-refractivity contribution in [3.05, 3.63) is 21.9 Å². The van der Waals surface area contributed by atoms with E-state index in [-0.39, 0.29) is 24.2 Å². The van der Waals surface area contributed by atoms with E-state index in [4.69, 9.17) is 4.74 Å². The van der Waals surface area contributed by atoms with Gasteiger partial charge in [-0.15, -0.1) is 11.3 Å². The zero-order valence-corrected chi connectivity index (χ0v) is 13.8. The molecular formula is C16H24N2O2S. The van der Waals surface area contributed by atoms with E-state index in [1.54, 1.807) is 11.3 Å². The summed E-state index contributed by atoms with van der Waals surface area (Å²) in [5, 5.41) is 3.50. The molecule has 3 rings (SSSR count). The number of carbonyl (C=O) groups excluding carboxylic acids is 1. The third-order valence-electron chi connectivity index (χ3n) is 4.66. The minimum Gasteiger partial charge on any atom is -0.378 e. The quantitative estimate of drug-likeness (QED) is 0.930. The highest BCUT2D eigenvalue weighted by molar-refractivity contribution is 7.12. The first kappa shape index (κ1) is 15.0. The van der Waals surface area contributed by atoms with Gasteiger partial charge in [0.05, 0.1) is 12.1 Å². The van der Waals surface area contributed by atoms with Crippen molar-refractivity contribution in [3.63, 3.8) is 0 Å². The molecule has 3 heterocycles. The van der Waals surface area contributed by atoms with Gasteiger partial charge in [0.25, 0.3) is 0 Å². The molecule has 2 aliphatic heterocycles. The number of carbonyl (C=O) groups is 1. The molecule has 0 bridgehead atoms. The lowest BCUT2D eigenvalue weighted by molar-refractivity contribution is -0.131. The first-order valence-corrected chi connectivity index (χ1v) is 8.66. The molecule has 4 atom stereocenters. The second kappa shape index (κ2) is 6.07. The van der Waals surface area contributed by atoms with E-state index in [1.807, 2.05) is 4.90 Å². The Morgan fingerprint density at radius 2 is 2.29 bits per heavy atom. The van der Waals surface area contributed by atoms with Crippen molar-refractivity contribution in [1.29, 1.82) is 0 Å². The van der Waals surface area contributed by atoms with Crippen LogP contribution in [-0.4, -0.2) is 36.1 Å². The second-order valence-corrected chi connectivity index (χ2v) is 7.41. The van der Waals surface area contributed by atoms with E-state index in [2.05, 4.69) is 38.2 Å². The summed E-state index contributed by atoms with van der Waals surface area (Å²) in [5.74, 6) is 0.697. The molecule has 5 heteroatoms. The average molecular weight is 308 g/mol. The van der Waals surface area contributed by atoms with E-state index >= 15 is 0 Å². The van der Waals surface area contributed by atoms with E-state index in [9.17, 15) is 4.79 Å². The summed E-state index contributed by atoms with van der Waals surface area (Å²) >= 11 is 1.77. The monoisotopic (exact) mass is 308 g/mol. The maximum atomic E-state index is 12.6. The normalized spacial score (nSPS) is 33.1. The van der Waals surface area contributed by atoms with Crippen molar-refractivity contribution in [2.75, 3.05) is 13.2 Å². The number of thiophene rings is 1. The van der Waals surface area contributed by atoms with Gasteiger partial charge in [-0.3, -0.25) is 10.1 Å². The number of nitrogens with zero attached hydrogens (tertiary/aromatic N) is 1. The molecule has 0 saturated carbocycles. The number of aryl methyl sites for hydroxylation is 1. The van der Waals surface area contributed by atoms with Crippen LogP contribution in [0.5, 0.6) is 0 Å². The van der Waals surface area contributed by atoms with Crippen molar-refractivity contribution in [3.8, 4) is 0 Å². The second-order valence-electron chi connectivity index (χ2n) is 6.09. The van der Waals surface area contributed by atoms with E-state index < -0.39 is 0 Å². The Kier molecular flexibility index (Phi) is 4.33. The summed E-state index contributed by atoms with van der Waals surface area (Å²) in [5.41, 5.74) is 0. The Morgan fingerprint density at radius 3 is 2.86 bits per heavy atom. The fraction of sp³-hybridized carbons (Fsp3) is 0.688. The summed E-state index contributed by atoms with van der Waals surface area (Å²) in [7, 11) is 0. The van der Waals surface area contributed by atoms with Crippen LogP contribution >= 0.6 is 11.3 Å². The molecule has 0 radical (unpaired) electrons. The third-order valence-corrected chi connectivity index (χ3v) is 5.71. The lowest BCUT2D eigenvalue weighted by Gasteiger charge is -2.27. The Hall–Kier alpha value is -0.910. The van der Waals surface area contributed by atoms with Crippen molar-refractivity contribution in [1.82, 2.24) is 10.2 Å². The first-order valence-electron chi connectivity index (χ1n) is 7.84. The van der Waals surface area contributed by atoms with E-state index in [0.29, 0.717) is 5.92 Å². The average Bonchev–Trinajstić information content (AvgIpc) is 3.13. The summed E-state index contributed by atoms with van der Waals surface area (Å²) in [6, 6.07) is 4.23. The van der Waals surface area contributed by atoms with Crippen LogP contribution in [0.2, 0.25) is 0 Å². The number of hydrogen-bond acceptors (Lipinski definition) is 4. The minimum absolute atomic E-state index is 0.0361. The topological polar surface area (TPSA) is 41.6 Å². The highest BCUT2D eigenvalue weighted by Gasteiger charge is 2.41. The van der Waals surface area contributed by atoms with Gasteiger partial charge in [-0.1, -0.05) is 6.92 Å². The van der Waals surface area contributed by atoms with Crippen LogP contribution in [0.15, 0.2) is 12.1 Å².